The molecule has 1 atom stereocenters. The van der Waals surface area contributed by atoms with Crippen LogP contribution < -0.4 is 11.1 Å². The molecule has 1 aliphatic heterocycles. The van der Waals surface area contributed by atoms with Crippen molar-refractivity contribution in [1.29, 1.82) is 0 Å². The number of ether oxygens (including phenoxy) is 1. The van der Waals surface area contributed by atoms with Crippen LogP contribution in [0, 0.1) is 11.8 Å². The molecule has 1 aromatic rings. The van der Waals surface area contributed by atoms with E-state index in [4.69, 9.17) is 10.5 Å². The van der Waals surface area contributed by atoms with E-state index in [1.54, 1.807) is 6.07 Å². The van der Waals surface area contributed by atoms with Crippen LogP contribution in [0.4, 0.5) is 0 Å². The van der Waals surface area contributed by atoms with Gasteiger partial charge in [-0.1, -0.05) is 11.8 Å². The highest BCUT2D eigenvalue weighted by Gasteiger charge is 2.18. The summed E-state index contributed by atoms with van der Waals surface area (Å²) in [6, 6.07) is 3.63. The van der Waals surface area contributed by atoms with E-state index in [2.05, 4.69) is 29.1 Å². The molecule has 3 N–H and O–H groups in total. The number of rotatable bonds is 3. The van der Waals surface area contributed by atoms with E-state index in [9.17, 15) is 4.79 Å². The van der Waals surface area contributed by atoms with Crippen LogP contribution in [-0.2, 0) is 4.74 Å². The fourth-order valence-corrected chi connectivity index (χ4v) is 2.75. The zero-order valence-electron chi connectivity index (χ0n) is 11.5. The molecule has 1 aromatic heterocycles. The predicted octanol–water partition coefficient (Wildman–Crippen LogP) is 0.119. The van der Waals surface area contributed by atoms with Gasteiger partial charge >= 0.3 is 0 Å². The van der Waals surface area contributed by atoms with Crippen LogP contribution in [0.1, 0.15) is 14.5 Å². The molecule has 2 rings (SSSR count). The van der Waals surface area contributed by atoms with Crippen LogP contribution in [0.25, 0.3) is 0 Å². The highest BCUT2D eigenvalue weighted by molar-refractivity contribution is 7.14. The van der Waals surface area contributed by atoms with E-state index in [0.29, 0.717) is 18.0 Å². The average molecular weight is 293 g/mol. The van der Waals surface area contributed by atoms with Crippen molar-refractivity contribution in [3.8, 4) is 11.8 Å². The first kappa shape index (κ1) is 15.0. The number of nitrogens with one attached hydrogen (secondary N) is 1. The summed E-state index contributed by atoms with van der Waals surface area (Å²) in [7, 11) is 2.05. The molecule has 1 aliphatic rings. The van der Waals surface area contributed by atoms with Crippen LogP contribution in [0.3, 0.4) is 0 Å². The van der Waals surface area contributed by atoms with Crippen LogP contribution in [-0.4, -0.2) is 56.7 Å². The minimum atomic E-state index is -0.0763. The van der Waals surface area contributed by atoms with Gasteiger partial charge < -0.3 is 20.7 Å². The first-order chi connectivity index (χ1) is 9.69. The summed E-state index contributed by atoms with van der Waals surface area (Å²) in [6.45, 7) is 3.36. The van der Waals surface area contributed by atoms with E-state index < -0.39 is 0 Å². The van der Waals surface area contributed by atoms with Crippen molar-refractivity contribution in [2.75, 3.05) is 39.8 Å². The van der Waals surface area contributed by atoms with Gasteiger partial charge in [-0.3, -0.25) is 4.79 Å². The normalized spacial score (nSPS) is 19.2. The second-order valence-corrected chi connectivity index (χ2v) is 5.72. The Labute approximate surface area is 123 Å². The molecule has 2 heterocycles. The summed E-state index contributed by atoms with van der Waals surface area (Å²) in [6.07, 6.45) is 0.0640. The van der Waals surface area contributed by atoms with Crippen LogP contribution in [0.15, 0.2) is 12.1 Å². The first-order valence-electron chi connectivity index (χ1n) is 6.56. The monoisotopic (exact) mass is 293 g/mol. The molecule has 0 spiro atoms. The summed E-state index contributed by atoms with van der Waals surface area (Å²) in [5.74, 6) is 5.62. The minimum Gasteiger partial charge on any atom is -0.374 e. The van der Waals surface area contributed by atoms with Gasteiger partial charge in [-0.2, -0.15) is 0 Å². The van der Waals surface area contributed by atoms with Gasteiger partial charge in [-0.25, -0.2) is 0 Å². The lowest BCUT2D eigenvalue weighted by atomic mass is 10.3. The van der Waals surface area contributed by atoms with Gasteiger partial charge in [0.1, 0.15) is 0 Å². The number of morpholine rings is 1. The third-order valence-electron chi connectivity index (χ3n) is 2.98. The summed E-state index contributed by atoms with van der Waals surface area (Å²) in [4.78, 5) is 15.7. The van der Waals surface area contributed by atoms with Crippen molar-refractivity contribution in [1.82, 2.24) is 10.2 Å². The largest absolute Gasteiger partial charge is 0.374 e. The Balaban J connectivity index is 1.83. The Hall–Kier alpha value is -1.39. The molecule has 20 heavy (non-hydrogen) atoms. The van der Waals surface area contributed by atoms with Gasteiger partial charge in [0.05, 0.1) is 29.0 Å². The molecular formula is C14H19N3O2S. The van der Waals surface area contributed by atoms with E-state index in [-0.39, 0.29) is 12.0 Å². The highest BCUT2D eigenvalue weighted by atomic mass is 32.1. The molecule has 1 fully saturated rings. The molecular weight excluding hydrogens is 274 g/mol. The van der Waals surface area contributed by atoms with Gasteiger partial charge in [-0.15, -0.1) is 11.3 Å². The average Bonchev–Trinajstić information content (AvgIpc) is 2.91. The fraction of sp³-hybridized carbons (Fsp3) is 0.500. The number of nitrogens with two attached hydrogens (primary N) is 1. The molecule has 6 heteroatoms. The van der Waals surface area contributed by atoms with Crippen molar-refractivity contribution >= 4 is 17.2 Å². The van der Waals surface area contributed by atoms with Crippen molar-refractivity contribution < 1.29 is 9.53 Å². The second kappa shape index (κ2) is 7.41. The number of hydrogen-bond acceptors (Lipinski definition) is 5. The quantitative estimate of drug-likeness (QED) is 0.777. The number of amides is 1. The van der Waals surface area contributed by atoms with Crippen LogP contribution in [0.5, 0.6) is 0 Å². The first-order valence-corrected chi connectivity index (χ1v) is 7.38. The van der Waals surface area contributed by atoms with Crippen molar-refractivity contribution in [3.63, 3.8) is 0 Å². The lowest BCUT2D eigenvalue weighted by Gasteiger charge is -2.30. The van der Waals surface area contributed by atoms with E-state index in [0.717, 1.165) is 24.6 Å². The zero-order valence-corrected chi connectivity index (χ0v) is 12.3. The maximum atomic E-state index is 12.0. The van der Waals surface area contributed by atoms with Crippen LogP contribution in [0.2, 0.25) is 0 Å². The third-order valence-corrected chi connectivity index (χ3v) is 3.98. The SMILES string of the molecule is CN1CCOC(CNC(=O)c2ccc(C#CCN)s2)C1. The fourth-order valence-electron chi connectivity index (χ4n) is 1.95. The lowest BCUT2D eigenvalue weighted by molar-refractivity contribution is -0.0174. The van der Waals surface area contributed by atoms with Gasteiger partial charge in [0, 0.05) is 19.6 Å². The minimum absolute atomic E-state index is 0.0640. The molecule has 108 valence electrons. The summed E-state index contributed by atoms with van der Waals surface area (Å²) < 4.78 is 5.60. The molecule has 1 saturated heterocycles. The van der Waals surface area contributed by atoms with Gasteiger partial charge in [0.2, 0.25) is 0 Å². The predicted molar refractivity (Wildman–Crippen MR) is 79.8 cm³/mol. The summed E-state index contributed by atoms with van der Waals surface area (Å²) in [5.41, 5.74) is 5.32. The lowest BCUT2D eigenvalue weighted by Crippen LogP contribution is -2.45. The molecule has 0 aromatic carbocycles. The maximum Gasteiger partial charge on any atom is 0.261 e. The topological polar surface area (TPSA) is 67.6 Å². The van der Waals surface area contributed by atoms with Crippen molar-refractivity contribution in [2.24, 2.45) is 5.73 Å². The highest BCUT2D eigenvalue weighted by Crippen LogP contribution is 2.15. The van der Waals surface area contributed by atoms with Crippen molar-refractivity contribution in [3.05, 3.63) is 21.9 Å². The van der Waals surface area contributed by atoms with E-state index >= 15 is 0 Å². The Morgan fingerprint density at radius 2 is 2.50 bits per heavy atom. The molecule has 0 radical (unpaired) electrons. The molecule has 0 aliphatic carbocycles. The van der Waals surface area contributed by atoms with E-state index in [1.165, 1.54) is 11.3 Å². The van der Waals surface area contributed by atoms with Crippen molar-refractivity contribution in [2.45, 2.75) is 6.10 Å². The smallest absolute Gasteiger partial charge is 0.261 e. The third kappa shape index (κ3) is 4.32. The molecule has 1 amide bonds. The number of carbonyl (C=O) groups excluding carboxylic acids is 1. The summed E-state index contributed by atoms with van der Waals surface area (Å²) >= 11 is 1.38. The Kier molecular flexibility index (Phi) is 5.56. The summed E-state index contributed by atoms with van der Waals surface area (Å²) in [5, 5.41) is 2.91. The zero-order chi connectivity index (χ0) is 14.4. The number of carbonyl (C=O) groups is 1. The van der Waals surface area contributed by atoms with Gasteiger partial charge in [0.25, 0.3) is 5.91 Å². The standard InChI is InChI=1S/C14H19N3O2S/c1-17-7-8-19-11(10-17)9-16-14(18)13-5-4-12(20-13)3-2-6-15/h4-5,11H,6-10,15H2,1H3,(H,16,18). The maximum absolute atomic E-state index is 12.0. The molecule has 0 saturated carbocycles. The number of thiophene rings is 1. The van der Waals surface area contributed by atoms with Gasteiger partial charge in [-0.05, 0) is 19.2 Å². The molecule has 1 unspecified atom stereocenters. The Bertz CT molecular complexity index is 518. The number of nitrogens with zero attached hydrogens (tertiary/aromatic N) is 1. The van der Waals surface area contributed by atoms with E-state index in [1.807, 2.05) is 6.07 Å². The Morgan fingerprint density at radius 3 is 3.25 bits per heavy atom. The number of hydrogen-bond donors (Lipinski definition) is 2. The second-order valence-electron chi connectivity index (χ2n) is 4.63. The van der Waals surface area contributed by atoms with Gasteiger partial charge in [0.15, 0.2) is 0 Å². The Morgan fingerprint density at radius 1 is 1.65 bits per heavy atom. The molecule has 5 nitrogen and oxygen atoms in total. The van der Waals surface area contributed by atoms with Crippen LogP contribution >= 0.6 is 11.3 Å². The number of likely N-dealkylation sites (N-methyl/N-ethyl adjacent to an activating group) is 1. The molecule has 0 bridgehead atoms.